The number of carboxylic acid groups (broad SMARTS) is 1. The summed E-state index contributed by atoms with van der Waals surface area (Å²) < 4.78 is 0. The van der Waals surface area contributed by atoms with Crippen LogP contribution in [0.5, 0.6) is 0 Å². The van der Waals surface area contributed by atoms with Crippen LogP contribution in [0.15, 0.2) is 12.2 Å². The van der Waals surface area contributed by atoms with Crippen molar-refractivity contribution in [2.45, 2.75) is 46.0 Å². The van der Waals surface area contributed by atoms with Crippen molar-refractivity contribution >= 4 is 5.97 Å². The normalized spacial score (nSPS) is 46.9. The minimum atomic E-state index is -0.569. The maximum Gasteiger partial charge on any atom is 0.307 e. The summed E-state index contributed by atoms with van der Waals surface area (Å²) in [6, 6.07) is 0. The largest absolute Gasteiger partial charge is 0.481 e. The second-order valence-corrected chi connectivity index (χ2v) is 6.94. The Labute approximate surface area is 103 Å². The molecule has 3 saturated carbocycles. The van der Waals surface area contributed by atoms with E-state index >= 15 is 0 Å². The third kappa shape index (κ3) is 1.19. The predicted octanol–water partition coefficient (Wildman–Crippen LogP) is 3.48. The molecule has 0 aromatic carbocycles. The van der Waals surface area contributed by atoms with Crippen molar-refractivity contribution in [3.05, 3.63) is 12.2 Å². The number of fused-ring (bicyclic) bond motifs is 1. The van der Waals surface area contributed by atoms with Gasteiger partial charge in [0.15, 0.2) is 0 Å². The van der Waals surface area contributed by atoms with Crippen molar-refractivity contribution in [1.82, 2.24) is 0 Å². The lowest BCUT2D eigenvalue weighted by Gasteiger charge is -2.48. The number of carboxylic acids is 1. The van der Waals surface area contributed by atoms with Crippen molar-refractivity contribution in [3.8, 4) is 0 Å². The molecule has 2 heteroatoms. The van der Waals surface area contributed by atoms with Crippen molar-refractivity contribution in [1.29, 1.82) is 0 Å². The molecule has 0 saturated heterocycles. The van der Waals surface area contributed by atoms with E-state index in [1.165, 1.54) is 12.0 Å². The van der Waals surface area contributed by atoms with Crippen LogP contribution >= 0.6 is 0 Å². The Morgan fingerprint density at radius 1 is 1.35 bits per heavy atom. The Morgan fingerprint density at radius 3 is 2.71 bits per heavy atom. The van der Waals surface area contributed by atoms with Gasteiger partial charge in [0.05, 0.1) is 5.92 Å². The lowest BCUT2D eigenvalue weighted by atomic mass is 9.56. The summed E-state index contributed by atoms with van der Waals surface area (Å²) in [6.07, 6.45) is 5.35. The summed E-state index contributed by atoms with van der Waals surface area (Å²) in [5, 5.41) is 9.45. The second-order valence-electron chi connectivity index (χ2n) is 6.94. The number of hydrogen-bond donors (Lipinski definition) is 1. The SMILES string of the molecule is C=C1C2CCC(C(=O)O)[C@@]23CC[C@H](C3)C1(C)C. The lowest BCUT2D eigenvalue weighted by Crippen LogP contribution is -2.42. The fourth-order valence-corrected chi connectivity index (χ4v) is 5.11. The molecule has 3 rings (SSSR count). The zero-order chi connectivity index (χ0) is 12.4. The van der Waals surface area contributed by atoms with Gasteiger partial charge < -0.3 is 5.11 Å². The average Bonchev–Trinajstić information content (AvgIpc) is 2.81. The summed E-state index contributed by atoms with van der Waals surface area (Å²) in [5.74, 6) is 0.453. The minimum absolute atomic E-state index is 0.0725. The first kappa shape index (κ1) is 11.3. The van der Waals surface area contributed by atoms with Crippen LogP contribution in [0.3, 0.4) is 0 Å². The van der Waals surface area contributed by atoms with Crippen LogP contribution in [0.1, 0.15) is 46.0 Å². The van der Waals surface area contributed by atoms with E-state index in [0.29, 0.717) is 11.8 Å². The molecule has 0 amide bonds. The van der Waals surface area contributed by atoms with Crippen LogP contribution in [0, 0.1) is 28.6 Å². The van der Waals surface area contributed by atoms with E-state index in [-0.39, 0.29) is 16.7 Å². The van der Waals surface area contributed by atoms with Crippen molar-refractivity contribution < 1.29 is 9.90 Å². The van der Waals surface area contributed by atoms with Crippen molar-refractivity contribution in [3.63, 3.8) is 0 Å². The van der Waals surface area contributed by atoms with E-state index < -0.39 is 5.97 Å². The van der Waals surface area contributed by atoms with Crippen LogP contribution < -0.4 is 0 Å². The highest BCUT2D eigenvalue weighted by Gasteiger charge is 2.63. The summed E-state index contributed by atoms with van der Waals surface area (Å²) >= 11 is 0. The Morgan fingerprint density at radius 2 is 2.06 bits per heavy atom. The van der Waals surface area contributed by atoms with Crippen LogP contribution in [0.25, 0.3) is 0 Å². The molecule has 0 aliphatic heterocycles. The fourth-order valence-electron chi connectivity index (χ4n) is 5.11. The summed E-state index contributed by atoms with van der Waals surface area (Å²) in [5.41, 5.74) is 1.64. The van der Waals surface area contributed by atoms with Crippen LogP contribution in [0.4, 0.5) is 0 Å². The molecule has 4 atom stereocenters. The molecule has 0 aromatic heterocycles. The maximum atomic E-state index is 11.5. The first-order valence-corrected chi connectivity index (χ1v) is 6.81. The van der Waals surface area contributed by atoms with E-state index in [9.17, 15) is 9.90 Å². The topological polar surface area (TPSA) is 37.3 Å². The summed E-state index contributed by atoms with van der Waals surface area (Å²) in [6.45, 7) is 8.96. The molecule has 17 heavy (non-hydrogen) atoms. The zero-order valence-corrected chi connectivity index (χ0v) is 10.8. The molecule has 2 bridgehead atoms. The Balaban J connectivity index is 2.05. The van der Waals surface area contributed by atoms with Crippen LogP contribution in [0.2, 0.25) is 0 Å². The number of hydrogen-bond acceptors (Lipinski definition) is 1. The molecule has 2 nitrogen and oxygen atoms in total. The van der Waals surface area contributed by atoms with Gasteiger partial charge in [-0.05, 0) is 54.8 Å². The molecule has 3 aliphatic carbocycles. The first-order valence-electron chi connectivity index (χ1n) is 6.81. The van der Waals surface area contributed by atoms with Gasteiger partial charge in [0.25, 0.3) is 0 Å². The number of aliphatic carboxylic acids is 1. The molecule has 94 valence electrons. The van der Waals surface area contributed by atoms with Gasteiger partial charge in [0, 0.05) is 0 Å². The molecule has 0 radical (unpaired) electrons. The maximum absolute atomic E-state index is 11.5. The molecule has 3 fully saturated rings. The van der Waals surface area contributed by atoms with Gasteiger partial charge in [-0.3, -0.25) is 4.79 Å². The van der Waals surface area contributed by atoms with E-state index in [2.05, 4.69) is 20.4 Å². The van der Waals surface area contributed by atoms with E-state index in [1.54, 1.807) is 0 Å². The van der Waals surface area contributed by atoms with Gasteiger partial charge in [-0.2, -0.15) is 0 Å². The van der Waals surface area contributed by atoms with E-state index in [1.807, 2.05) is 0 Å². The zero-order valence-electron chi connectivity index (χ0n) is 10.8. The molecule has 1 N–H and O–H groups in total. The molecule has 2 unspecified atom stereocenters. The first-order chi connectivity index (χ1) is 7.89. The Kier molecular flexibility index (Phi) is 2.10. The molecule has 0 aromatic rings. The number of carbonyl (C=O) groups is 1. The van der Waals surface area contributed by atoms with Crippen molar-refractivity contribution in [2.24, 2.45) is 28.6 Å². The van der Waals surface area contributed by atoms with E-state index in [4.69, 9.17) is 0 Å². The van der Waals surface area contributed by atoms with E-state index in [0.717, 1.165) is 25.7 Å². The second kappa shape index (κ2) is 3.15. The highest BCUT2D eigenvalue weighted by molar-refractivity contribution is 5.72. The van der Waals surface area contributed by atoms with Crippen LogP contribution in [-0.2, 0) is 4.79 Å². The molecule has 1 spiro atoms. The van der Waals surface area contributed by atoms with Gasteiger partial charge in [-0.25, -0.2) is 0 Å². The number of allylic oxidation sites excluding steroid dienone is 1. The van der Waals surface area contributed by atoms with Crippen molar-refractivity contribution in [2.75, 3.05) is 0 Å². The standard InChI is InChI=1S/C15H22O2/c1-9-11-4-5-12(13(16)17)15(11)7-6-10(8-15)14(9,2)3/h10-12H,1,4-8H2,2-3H3,(H,16,17)/t10-,11?,12?,15-/m1/s1. The quantitative estimate of drug-likeness (QED) is 0.705. The van der Waals surface area contributed by atoms with Gasteiger partial charge in [0.1, 0.15) is 0 Å². The predicted molar refractivity (Wildman–Crippen MR) is 66.5 cm³/mol. The van der Waals surface area contributed by atoms with Gasteiger partial charge in [-0.1, -0.05) is 26.0 Å². The molecular formula is C15H22O2. The number of rotatable bonds is 1. The third-order valence-corrected chi connectivity index (χ3v) is 6.28. The van der Waals surface area contributed by atoms with Crippen LogP contribution in [-0.4, -0.2) is 11.1 Å². The smallest absolute Gasteiger partial charge is 0.307 e. The Bertz CT molecular complexity index is 396. The fraction of sp³-hybridized carbons (Fsp3) is 0.800. The molecular weight excluding hydrogens is 212 g/mol. The molecule has 0 heterocycles. The average molecular weight is 234 g/mol. The summed E-state index contributed by atoms with van der Waals surface area (Å²) in [7, 11) is 0. The van der Waals surface area contributed by atoms with Gasteiger partial charge in [-0.15, -0.1) is 0 Å². The Hall–Kier alpha value is -0.790. The van der Waals surface area contributed by atoms with Gasteiger partial charge in [0.2, 0.25) is 0 Å². The monoisotopic (exact) mass is 234 g/mol. The highest BCUT2D eigenvalue weighted by atomic mass is 16.4. The minimum Gasteiger partial charge on any atom is -0.481 e. The van der Waals surface area contributed by atoms with Gasteiger partial charge >= 0.3 is 5.97 Å². The molecule has 3 aliphatic rings. The summed E-state index contributed by atoms with van der Waals surface area (Å²) in [4.78, 5) is 11.5. The lowest BCUT2D eigenvalue weighted by molar-refractivity contribution is -0.146. The third-order valence-electron chi connectivity index (χ3n) is 6.28. The highest BCUT2D eigenvalue weighted by Crippen LogP contribution is 2.70.